The summed E-state index contributed by atoms with van der Waals surface area (Å²) in [4.78, 5) is 16.1. The van der Waals surface area contributed by atoms with Gasteiger partial charge >= 0.3 is 77.7 Å². The fourth-order valence-electron chi connectivity index (χ4n) is 4.54. The van der Waals surface area contributed by atoms with Gasteiger partial charge in [-0.25, -0.2) is 10.3 Å². The van der Waals surface area contributed by atoms with E-state index in [1.54, 1.807) is 5.48 Å². The Bertz CT molecular complexity index is 1570. The highest BCUT2D eigenvalue weighted by atomic mass is 19.4. The quantitative estimate of drug-likeness (QED) is 0.0958. The zero-order valence-corrected chi connectivity index (χ0v) is 27.5. The zero-order chi connectivity index (χ0) is 46.5. The Morgan fingerprint density at radius 3 is 1.22 bits per heavy atom. The lowest BCUT2D eigenvalue weighted by atomic mass is 9.72. The maximum Gasteiger partial charge on any atom is 0.533 e. The molecule has 0 spiro atoms. The molecule has 58 heavy (non-hydrogen) atoms. The number of nitrogens with one attached hydrogen (secondary N) is 1. The molecule has 0 fully saturated rings. The minimum Gasteiger partial charge on any atom is -0.432 e. The van der Waals surface area contributed by atoms with E-state index in [4.69, 9.17) is 5.26 Å². The largest absolute Gasteiger partial charge is 0.533 e. The topological polar surface area (TPSA) is 71.3 Å². The first-order chi connectivity index (χ1) is 25.4. The van der Waals surface area contributed by atoms with Crippen molar-refractivity contribution in [2.75, 3.05) is 12.1 Å². The Labute approximate surface area is 304 Å². The van der Waals surface area contributed by atoms with Gasteiger partial charge in [-0.2, -0.15) is 119 Å². The van der Waals surface area contributed by atoms with Gasteiger partial charge in [0.15, 0.2) is 0 Å². The van der Waals surface area contributed by atoms with Crippen molar-refractivity contribution in [3.8, 4) is 6.07 Å². The smallest absolute Gasteiger partial charge is 0.432 e. The van der Waals surface area contributed by atoms with Gasteiger partial charge in [0, 0.05) is 17.8 Å². The Kier molecular flexibility index (Phi) is 13.9. The van der Waals surface area contributed by atoms with Gasteiger partial charge in [-0.3, -0.25) is 0 Å². The van der Waals surface area contributed by atoms with Crippen molar-refractivity contribution < 1.29 is 129 Å². The summed E-state index contributed by atoms with van der Waals surface area (Å²) < 4.78 is 362. The summed E-state index contributed by atoms with van der Waals surface area (Å²) in [5.74, 6) is -98.1. The fourth-order valence-corrected chi connectivity index (χ4v) is 4.54. The van der Waals surface area contributed by atoms with Crippen molar-refractivity contribution in [2.24, 2.45) is 17.8 Å². The van der Waals surface area contributed by atoms with E-state index in [2.05, 4.69) is 9.57 Å². The van der Waals surface area contributed by atoms with E-state index >= 15 is 17.6 Å². The number of anilines is 1. The maximum atomic E-state index is 15.1. The summed E-state index contributed by atoms with van der Waals surface area (Å²) in [5, 5.41) is 8.77. The molecule has 5 nitrogen and oxygen atoms in total. The fraction of sp³-hybridized carbons (Fsp3) is 0.704. The van der Waals surface area contributed by atoms with Crippen LogP contribution in [0.1, 0.15) is 19.4 Å². The first-order valence-corrected chi connectivity index (χ1v) is 14.3. The number of rotatable bonds is 17. The van der Waals surface area contributed by atoms with Crippen LogP contribution in [-0.4, -0.2) is 84.3 Å². The molecular formula is C27H18F26N2O3. The molecule has 2 atom stereocenters. The van der Waals surface area contributed by atoms with Crippen molar-refractivity contribution >= 4 is 11.8 Å². The Balaban J connectivity index is 3.97. The summed E-state index contributed by atoms with van der Waals surface area (Å²) in [7, 11) is 0. The van der Waals surface area contributed by atoms with Gasteiger partial charge in [-0.1, -0.05) is 32.0 Å². The normalized spacial score (nSPS) is 16.6. The van der Waals surface area contributed by atoms with Gasteiger partial charge in [0.25, 0.3) is 0 Å². The molecule has 1 N–H and O–H groups in total. The molecule has 336 valence electrons. The molecule has 0 aliphatic heterocycles. The Hall–Kier alpha value is -4.04. The van der Waals surface area contributed by atoms with Crippen molar-refractivity contribution in [1.29, 1.82) is 5.26 Å². The third-order valence-corrected chi connectivity index (χ3v) is 8.27. The van der Waals surface area contributed by atoms with Gasteiger partial charge in [0.1, 0.15) is 0 Å². The van der Waals surface area contributed by atoms with Gasteiger partial charge < -0.3 is 9.57 Å². The molecule has 1 rings (SSSR count). The van der Waals surface area contributed by atoms with Crippen LogP contribution < -0.4 is 5.48 Å². The molecule has 0 aliphatic rings. The molecule has 0 aliphatic carbocycles. The lowest BCUT2D eigenvalue weighted by Gasteiger charge is -2.45. The van der Waals surface area contributed by atoms with Gasteiger partial charge in [-0.05, 0) is 11.6 Å². The molecular weight excluding hydrogens is 894 g/mol. The molecule has 31 heteroatoms. The molecule has 2 unspecified atom stereocenters. The number of nitrogens with zero attached hydrogens (tertiary/aromatic N) is 1. The van der Waals surface area contributed by atoms with E-state index in [0.29, 0.717) is 0 Å². The van der Waals surface area contributed by atoms with Gasteiger partial charge in [-0.15, -0.1) is 0 Å². The molecule has 0 bridgehead atoms. The average Bonchev–Trinajstić information content (AvgIpc) is 3.05. The van der Waals surface area contributed by atoms with Gasteiger partial charge in [0.05, 0.1) is 24.8 Å². The van der Waals surface area contributed by atoms with Crippen LogP contribution in [0, 0.1) is 29.1 Å². The maximum absolute atomic E-state index is 15.1. The molecule has 1 aromatic carbocycles. The van der Waals surface area contributed by atoms with Gasteiger partial charge in [0.2, 0.25) is 0 Å². The minimum absolute atomic E-state index is 0.121. The highest BCUT2D eigenvalue weighted by molar-refractivity contribution is 5.62. The number of nitriles is 1. The van der Waals surface area contributed by atoms with E-state index in [-0.39, 0.29) is 5.56 Å². The highest BCUT2D eigenvalue weighted by Gasteiger charge is 2.93. The summed E-state index contributed by atoms with van der Waals surface area (Å²) in [6, 6.07) is 5.85. The SMILES string of the molecule is CC(C(COC(=O)ONc1ccccc1CC#N)C(C)C(F)(F)C(F)(F)C(F)(F)C(F)(F)C(F)(F)C(F)(F)F)C(F)(F)C(F)(F)C(F)(F)C(F)(F)C(F)(F)C(F)(F)F. The first-order valence-electron chi connectivity index (χ1n) is 14.3. The lowest BCUT2D eigenvalue weighted by molar-refractivity contribution is -0.448. The number of hydrogen-bond acceptors (Lipinski definition) is 5. The molecule has 0 amide bonds. The Morgan fingerprint density at radius 2 is 0.897 bits per heavy atom. The van der Waals surface area contributed by atoms with E-state index in [0.717, 1.165) is 18.2 Å². The summed E-state index contributed by atoms with van der Waals surface area (Å²) in [6.07, 6.45) is -19.2. The number of ether oxygens (including phenoxy) is 1. The van der Waals surface area contributed by atoms with Crippen LogP contribution in [0.15, 0.2) is 24.3 Å². The van der Waals surface area contributed by atoms with Crippen LogP contribution in [0.25, 0.3) is 0 Å². The van der Waals surface area contributed by atoms with Crippen LogP contribution in [0.4, 0.5) is 125 Å². The monoisotopic (exact) mass is 912 g/mol. The van der Waals surface area contributed by atoms with E-state index < -0.39 is 128 Å². The van der Waals surface area contributed by atoms with E-state index in [9.17, 15) is 101 Å². The first kappa shape index (κ1) is 52.0. The van der Waals surface area contributed by atoms with Crippen LogP contribution in [0.3, 0.4) is 0 Å². The number of benzene rings is 1. The second-order valence-corrected chi connectivity index (χ2v) is 11.8. The summed E-state index contributed by atoms with van der Waals surface area (Å²) in [5.41, 5.74) is 0.991. The van der Waals surface area contributed by atoms with Crippen molar-refractivity contribution in [3.05, 3.63) is 29.8 Å². The molecule has 0 radical (unpaired) electrons. The second-order valence-electron chi connectivity index (χ2n) is 11.8. The van der Waals surface area contributed by atoms with Crippen molar-refractivity contribution in [3.63, 3.8) is 0 Å². The molecule has 0 saturated heterocycles. The number of carbonyl (C=O) groups excluding carboxylic acids is 1. The number of halogens is 26. The van der Waals surface area contributed by atoms with E-state index in [1.165, 1.54) is 12.1 Å². The van der Waals surface area contributed by atoms with Crippen LogP contribution in [0.5, 0.6) is 0 Å². The predicted molar refractivity (Wildman–Crippen MR) is 135 cm³/mol. The molecule has 0 saturated carbocycles. The average molecular weight is 912 g/mol. The number of hydrogen-bond donors (Lipinski definition) is 1. The Morgan fingerprint density at radius 1 is 0.569 bits per heavy atom. The third kappa shape index (κ3) is 7.99. The third-order valence-electron chi connectivity index (χ3n) is 8.27. The summed E-state index contributed by atoms with van der Waals surface area (Å²) >= 11 is 0. The molecule has 0 aromatic heterocycles. The van der Waals surface area contributed by atoms with Crippen LogP contribution in [-0.2, 0) is 16.0 Å². The number of para-hydroxylation sites is 1. The number of carbonyl (C=O) groups is 1. The van der Waals surface area contributed by atoms with Crippen molar-refractivity contribution in [1.82, 2.24) is 0 Å². The standard InChI is InChI=1S/C27H18F26N2O3/c1-10(16(28,29)18(32,33)20(36,37)22(40,41)24(44,45)26(48,49)50)13(9-57-15(56)58-55-14-6-4-3-5-12(14)7-8-54)11(2)17(30,31)19(34,35)21(38,39)23(42,43)25(46,47)27(51,52)53/h3-6,10-11,13,55H,7,9H2,1-2H3. The minimum atomic E-state index is -8.74. The zero-order valence-electron chi connectivity index (χ0n) is 27.5. The van der Waals surface area contributed by atoms with Crippen molar-refractivity contribution in [2.45, 2.75) is 91.8 Å². The van der Waals surface area contributed by atoms with E-state index in [1.807, 2.05) is 0 Å². The molecule has 0 heterocycles. The highest BCUT2D eigenvalue weighted by Crippen LogP contribution is 2.65. The summed E-state index contributed by atoms with van der Waals surface area (Å²) in [6.45, 7) is -4.91. The molecule has 1 aromatic rings. The predicted octanol–water partition coefficient (Wildman–Crippen LogP) is 11.6. The lowest BCUT2D eigenvalue weighted by Crippen LogP contribution is -2.72. The number of alkyl halides is 26. The second kappa shape index (κ2) is 15.5. The van der Waals surface area contributed by atoms with Crippen LogP contribution in [0.2, 0.25) is 0 Å². The van der Waals surface area contributed by atoms with Crippen LogP contribution >= 0.6 is 0 Å².